The van der Waals surface area contributed by atoms with Crippen LogP contribution in [0.4, 0.5) is 10.1 Å². The normalized spacial score (nSPS) is 19.6. The van der Waals surface area contributed by atoms with E-state index in [9.17, 15) is 9.18 Å². The van der Waals surface area contributed by atoms with E-state index in [4.69, 9.17) is 11.6 Å². The molecular formula is C20H17ClFN3O. The summed E-state index contributed by atoms with van der Waals surface area (Å²) in [5, 5.41) is 5.25. The molecule has 4 nitrogen and oxygen atoms in total. The Bertz CT molecular complexity index is 973. The summed E-state index contributed by atoms with van der Waals surface area (Å²) in [6.07, 6.45) is 0.596. The molecule has 2 atom stereocenters. The van der Waals surface area contributed by atoms with Crippen molar-refractivity contribution in [2.24, 2.45) is 0 Å². The van der Waals surface area contributed by atoms with Crippen LogP contribution in [0.3, 0.4) is 0 Å². The van der Waals surface area contributed by atoms with E-state index in [1.165, 1.54) is 18.2 Å². The lowest BCUT2D eigenvalue weighted by molar-refractivity contribution is -0.117. The Hall–Kier alpha value is -2.47. The van der Waals surface area contributed by atoms with Gasteiger partial charge in [-0.3, -0.25) is 4.79 Å². The SMILES string of the molecule is O=C(Nc1ccc(F)cc1Cl)C1CC(c2cccc3ccccc23)NN1. The van der Waals surface area contributed by atoms with Gasteiger partial charge in [-0.25, -0.2) is 15.2 Å². The molecular weight excluding hydrogens is 353 g/mol. The lowest BCUT2D eigenvalue weighted by Crippen LogP contribution is -2.39. The van der Waals surface area contributed by atoms with Gasteiger partial charge in [-0.15, -0.1) is 0 Å². The fourth-order valence-electron chi connectivity index (χ4n) is 3.30. The van der Waals surface area contributed by atoms with Gasteiger partial charge >= 0.3 is 0 Å². The first kappa shape index (κ1) is 17.0. The molecule has 0 aliphatic carbocycles. The predicted molar refractivity (Wildman–Crippen MR) is 101 cm³/mol. The Morgan fingerprint density at radius 3 is 2.73 bits per heavy atom. The van der Waals surface area contributed by atoms with Crippen molar-refractivity contribution < 1.29 is 9.18 Å². The number of benzene rings is 3. The first-order valence-electron chi connectivity index (χ1n) is 8.36. The van der Waals surface area contributed by atoms with Crippen LogP contribution in [0.5, 0.6) is 0 Å². The average Bonchev–Trinajstić information content (AvgIpc) is 3.13. The summed E-state index contributed by atoms with van der Waals surface area (Å²) in [6.45, 7) is 0. The number of rotatable bonds is 3. The molecule has 0 saturated carbocycles. The second-order valence-corrected chi connectivity index (χ2v) is 6.72. The molecule has 0 aromatic heterocycles. The van der Waals surface area contributed by atoms with E-state index >= 15 is 0 Å². The molecule has 1 amide bonds. The highest BCUT2D eigenvalue weighted by Crippen LogP contribution is 2.30. The highest BCUT2D eigenvalue weighted by molar-refractivity contribution is 6.33. The number of amides is 1. The Labute approximate surface area is 155 Å². The third-order valence-electron chi connectivity index (χ3n) is 4.61. The molecule has 3 aromatic carbocycles. The number of nitrogens with one attached hydrogen (secondary N) is 3. The summed E-state index contributed by atoms with van der Waals surface area (Å²) in [5.41, 5.74) is 7.78. The van der Waals surface area contributed by atoms with Gasteiger partial charge in [-0.05, 0) is 41.0 Å². The Balaban J connectivity index is 1.50. The fraction of sp³-hybridized carbons (Fsp3) is 0.150. The number of anilines is 1. The van der Waals surface area contributed by atoms with Crippen molar-refractivity contribution in [2.75, 3.05) is 5.32 Å². The Kier molecular flexibility index (Phi) is 4.59. The summed E-state index contributed by atoms with van der Waals surface area (Å²) >= 11 is 5.98. The van der Waals surface area contributed by atoms with Crippen LogP contribution in [0, 0.1) is 5.82 Å². The van der Waals surface area contributed by atoms with E-state index in [1.54, 1.807) is 0 Å². The Morgan fingerprint density at radius 2 is 1.88 bits per heavy atom. The van der Waals surface area contributed by atoms with Crippen molar-refractivity contribution in [1.82, 2.24) is 10.9 Å². The molecule has 3 aromatic rings. The molecule has 2 unspecified atom stereocenters. The topological polar surface area (TPSA) is 53.2 Å². The molecule has 3 N–H and O–H groups in total. The van der Waals surface area contributed by atoms with Crippen LogP contribution >= 0.6 is 11.6 Å². The van der Waals surface area contributed by atoms with Gasteiger partial charge in [0.15, 0.2) is 0 Å². The van der Waals surface area contributed by atoms with Crippen LogP contribution in [-0.2, 0) is 4.79 Å². The van der Waals surface area contributed by atoms with Crippen molar-refractivity contribution >= 4 is 34.0 Å². The highest BCUT2D eigenvalue weighted by Gasteiger charge is 2.31. The van der Waals surface area contributed by atoms with E-state index in [1.807, 2.05) is 18.2 Å². The van der Waals surface area contributed by atoms with Crippen LogP contribution < -0.4 is 16.2 Å². The smallest absolute Gasteiger partial charge is 0.242 e. The second-order valence-electron chi connectivity index (χ2n) is 6.31. The van der Waals surface area contributed by atoms with Crippen LogP contribution in [-0.4, -0.2) is 11.9 Å². The number of halogens is 2. The number of hydrogen-bond acceptors (Lipinski definition) is 3. The summed E-state index contributed by atoms with van der Waals surface area (Å²) in [6, 6.07) is 17.8. The summed E-state index contributed by atoms with van der Waals surface area (Å²) in [5.74, 6) is -0.654. The minimum atomic E-state index is -0.440. The van der Waals surface area contributed by atoms with Gasteiger partial charge in [0.2, 0.25) is 5.91 Å². The zero-order valence-corrected chi connectivity index (χ0v) is 14.6. The summed E-state index contributed by atoms with van der Waals surface area (Å²) in [7, 11) is 0. The van der Waals surface area contributed by atoms with Crippen molar-refractivity contribution in [3.05, 3.63) is 77.1 Å². The Morgan fingerprint density at radius 1 is 1.08 bits per heavy atom. The molecule has 1 fully saturated rings. The molecule has 4 rings (SSSR count). The quantitative estimate of drug-likeness (QED) is 0.649. The molecule has 6 heteroatoms. The monoisotopic (exact) mass is 369 g/mol. The van der Waals surface area contributed by atoms with E-state index in [0.29, 0.717) is 12.1 Å². The lowest BCUT2D eigenvalue weighted by Gasteiger charge is -2.13. The van der Waals surface area contributed by atoms with Gasteiger partial charge in [-0.1, -0.05) is 54.1 Å². The van der Waals surface area contributed by atoms with E-state index in [0.717, 1.165) is 16.3 Å². The van der Waals surface area contributed by atoms with Crippen LogP contribution in [0.1, 0.15) is 18.0 Å². The molecule has 26 heavy (non-hydrogen) atoms. The molecule has 0 spiro atoms. The molecule has 0 bridgehead atoms. The summed E-state index contributed by atoms with van der Waals surface area (Å²) < 4.78 is 13.1. The van der Waals surface area contributed by atoms with Crippen molar-refractivity contribution in [2.45, 2.75) is 18.5 Å². The van der Waals surface area contributed by atoms with Gasteiger partial charge in [0.25, 0.3) is 0 Å². The van der Waals surface area contributed by atoms with Gasteiger partial charge < -0.3 is 5.32 Å². The molecule has 0 radical (unpaired) electrons. The van der Waals surface area contributed by atoms with Crippen molar-refractivity contribution in [1.29, 1.82) is 0 Å². The predicted octanol–water partition coefficient (Wildman–Crippen LogP) is 4.18. The molecule has 1 aliphatic heterocycles. The largest absolute Gasteiger partial charge is 0.323 e. The van der Waals surface area contributed by atoms with Gasteiger partial charge in [0.05, 0.1) is 10.7 Å². The third-order valence-corrected chi connectivity index (χ3v) is 4.92. The first-order chi connectivity index (χ1) is 12.6. The highest BCUT2D eigenvalue weighted by atomic mass is 35.5. The summed E-state index contributed by atoms with van der Waals surface area (Å²) in [4.78, 5) is 12.5. The number of fused-ring (bicyclic) bond motifs is 1. The number of carbonyl (C=O) groups excluding carboxylic acids is 1. The minimum Gasteiger partial charge on any atom is -0.323 e. The van der Waals surface area contributed by atoms with Crippen LogP contribution in [0.15, 0.2) is 60.7 Å². The van der Waals surface area contributed by atoms with E-state index in [2.05, 4.69) is 40.4 Å². The molecule has 1 saturated heterocycles. The molecule has 1 heterocycles. The third kappa shape index (κ3) is 3.29. The maximum atomic E-state index is 13.1. The number of carbonyl (C=O) groups is 1. The van der Waals surface area contributed by atoms with Crippen LogP contribution in [0.25, 0.3) is 10.8 Å². The second kappa shape index (κ2) is 7.03. The first-order valence-corrected chi connectivity index (χ1v) is 8.74. The maximum Gasteiger partial charge on any atom is 0.242 e. The van der Waals surface area contributed by atoms with Crippen molar-refractivity contribution in [3.8, 4) is 0 Å². The minimum absolute atomic E-state index is 0.0144. The lowest BCUT2D eigenvalue weighted by atomic mass is 9.96. The zero-order valence-electron chi connectivity index (χ0n) is 13.8. The van der Waals surface area contributed by atoms with Gasteiger partial charge in [0.1, 0.15) is 11.9 Å². The maximum absolute atomic E-state index is 13.1. The van der Waals surface area contributed by atoms with E-state index in [-0.39, 0.29) is 17.0 Å². The molecule has 1 aliphatic rings. The molecule has 132 valence electrons. The van der Waals surface area contributed by atoms with Crippen LogP contribution in [0.2, 0.25) is 5.02 Å². The number of hydrazine groups is 1. The van der Waals surface area contributed by atoms with Gasteiger partial charge in [-0.2, -0.15) is 0 Å². The fourth-order valence-corrected chi connectivity index (χ4v) is 3.51. The standard InChI is InChI=1S/C20H17ClFN3O/c21-16-10-13(22)8-9-17(16)23-20(26)19-11-18(24-25-19)15-7-3-5-12-4-1-2-6-14(12)15/h1-10,18-19,24-25H,11H2,(H,23,26). The van der Waals surface area contributed by atoms with Crippen molar-refractivity contribution in [3.63, 3.8) is 0 Å². The van der Waals surface area contributed by atoms with Gasteiger partial charge in [0, 0.05) is 6.04 Å². The zero-order chi connectivity index (χ0) is 18.1. The average molecular weight is 370 g/mol. The number of hydrogen-bond donors (Lipinski definition) is 3. The van der Waals surface area contributed by atoms with E-state index < -0.39 is 11.9 Å².